The fourth-order valence-electron chi connectivity index (χ4n) is 3.20. The SMILES string of the molecule is CSCCNC(=O)c1ccc(C2=CC(c3cc(Cl)cc(Cl)c3)(C(F)(F)F)ON2)cc1C. The summed E-state index contributed by atoms with van der Waals surface area (Å²) in [6.07, 6.45) is -1.90. The highest BCUT2D eigenvalue weighted by molar-refractivity contribution is 7.98. The van der Waals surface area contributed by atoms with E-state index in [1.807, 2.05) is 6.26 Å². The molecule has 0 saturated heterocycles. The highest BCUT2D eigenvalue weighted by Crippen LogP contribution is 2.48. The van der Waals surface area contributed by atoms with Gasteiger partial charge in [0.2, 0.25) is 5.60 Å². The lowest BCUT2D eigenvalue weighted by atomic mass is 9.91. The molecule has 1 atom stereocenters. The minimum Gasteiger partial charge on any atom is -0.351 e. The molecule has 0 bridgehead atoms. The maximum atomic E-state index is 14.1. The third kappa shape index (κ3) is 4.98. The highest BCUT2D eigenvalue weighted by atomic mass is 35.5. The number of aryl methyl sites for hydroxylation is 1. The van der Waals surface area contributed by atoms with Crippen LogP contribution in [-0.4, -0.2) is 30.6 Å². The molecule has 2 N–H and O–H groups in total. The molecule has 0 radical (unpaired) electrons. The van der Waals surface area contributed by atoms with Gasteiger partial charge in [-0.2, -0.15) is 24.9 Å². The highest BCUT2D eigenvalue weighted by Gasteiger charge is 2.59. The second-order valence-corrected chi connectivity index (χ2v) is 8.79. The Balaban J connectivity index is 1.96. The Morgan fingerprint density at radius 1 is 1.19 bits per heavy atom. The summed E-state index contributed by atoms with van der Waals surface area (Å²) in [4.78, 5) is 17.4. The van der Waals surface area contributed by atoms with E-state index in [0.29, 0.717) is 23.2 Å². The Morgan fingerprint density at radius 2 is 1.87 bits per heavy atom. The van der Waals surface area contributed by atoms with Crippen LogP contribution in [0.15, 0.2) is 42.5 Å². The summed E-state index contributed by atoms with van der Waals surface area (Å²) in [5.41, 5.74) is 0.996. The zero-order valence-electron chi connectivity index (χ0n) is 16.6. The van der Waals surface area contributed by atoms with Crippen molar-refractivity contribution in [2.75, 3.05) is 18.6 Å². The van der Waals surface area contributed by atoms with E-state index in [2.05, 4.69) is 10.8 Å². The number of hydroxylamine groups is 1. The van der Waals surface area contributed by atoms with Crippen molar-refractivity contribution in [2.45, 2.75) is 18.7 Å². The number of hydrogen-bond acceptors (Lipinski definition) is 4. The number of rotatable bonds is 6. The van der Waals surface area contributed by atoms with Crippen molar-refractivity contribution in [3.05, 3.63) is 74.8 Å². The predicted octanol–water partition coefficient (Wildman–Crippen LogP) is 5.73. The molecule has 1 aliphatic heterocycles. The molecule has 1 heterocycles. The maximum absolute atomic E-state index is 14.1. The van der Waals surface area contributed by atoms with Gasteiger partial charge >= 0.3 is 6.18 Å². The summed E-state index contributed by atoms with van der Waals surface area (Å²) < 4.78 is 42.3. The van der Waals surface area contributed by atoms with Crippen molar-refractivity contribution in [3.8, 4) is 0 Å². The van der Waals surface area contributed by atoms with Gasteiger partial charge in [0.15, 0.2) is 0 Å². The van der Waals surface area contributed by atoms with Crippen LogP contribution in [0.2, 0.25) is 10.0 Å². The summed E-state index contributed by atoms with van der Waals surface area (Å²) in [5.74, 6) is 0.547. The van der Waals surface area contributed by atoms with Crippen molar-refractivity contribution in [2.24, 2.45) is 0 Å². The van der Waals surface area contributed by atoms with Crippen LogP contribution < -0.4 is 10.8 Å². The molecule has 4 nitrogen and oxygen atoms in total. The van der Waals surface area contributed by atoms with Crippen molar-refractivity contribution in [1.82, 2.24) is 10.8 Å². The fraction of sp³-hybridized carbons (Fsp3) is 0.286. The lowest BCUT2D eigenvalue weighted by molar-refractivity contribution is -0.269. The Morgan fingerprint density at radius 3 is 2.45 bits per heavy atom. The summed E-state index contributed by atoms with van der Waals surface area (Å²) in [6.45, 7) is 2.25. The van der Waals surface area contributed by atoms with E-state index < -0.39 is 11.8 Å². The zero-order valence-corrected chi connectivity index (χ0v) is 18.9. The fourth-order valence-corrected chi connectivity index (χ4v) is 4.03. The first-order valence-corrected chi connectivity index (χ1v) is 11.3. The van der Waals surface area contributed by atoms with Crippen LogP contribution in [0.3, 0.4) is 0 Å². The smallest absolute Gasteiger partial charge is 0.351 e. The number of amides is 1. The van der Waals surface area contributed by atoms with Crippen LogP contribution >= 0.6 is 35.0 Å². The van der Waals surface area contributed by atoms with Crippen molar-refractivity contribution >= 4 is 46.6 Å². The molecule has 1 aliphatic rings. The van der Waals surface area contributed by atoms with Gasteiger partial charge in [0.05, 0.1) is 5.70 Å². The number of nitrogens with one attached hydrogen (secondary N) is 2. The summed E-state index contributed by atoms with van der Waals surface area (Å²) in [7, 11) is 0. The zero-order chi connectivity index (χ0) is 22.8. The standard InChI is InChI=1S/C21H19Cl2F3N2O2S/c1-12-7-13(3-4-17(12)19(29)27-5-6-31-2)18-11-20(30-28-18,21(24,25)26)14-8-15(22)10-16(23)9-14/h3-4,7-11,28H,5-6H2,1-2H3,(H,27,29). The molecule has 1 amide bonds. The topological polar surface area (TPSA) is 50.4 Å². The summed E-state index contributed by atoms with van der Waals surface area (Å²) in [6, 6.07) is 8.44. The molecule has 2 aromatic rings. The number of thioether (sulfide) groups is 1. The van der Waals surface area contributed by atoms with E-state index in [4.69, 9.17) is 28.0 Å². The number of benzene rings is 2. The second kappa shape index (κ2) is 9.32. The lowest BCUT2D eigenvalue weighted by Gasteiger charge is -2.28. The van der Waals surface area contributed by atoms with Crippen LogP contribution in [0, 0.1) is 6.92 Å². The van der Waals surface area contributed by atoms with Crippen LogP contribution in [0.5, 0.6) is 0 Å². The maximum Gasteiger partial charge on any atom is 0.428 e. The number of halogens is 5. The monoisotopic (exact) mass is 490 g/mol. The molecule has 31 heavy (non-hydrogen) atoms. The average Bonchev–Trinajstić information content (AvgIpc) is 3.14. The Labute approximate surface area is 192 Å². The molecule has 1 unspecified atom stereocenters. The molecule has 0 spiro atoms. The molecule has 0 fully saturated rings. The minimum absolute atomic E-state index is 0.0595. The van der Waals surface area contributed by atoms with Gasteiger partial charge in [-0.25, -0.2) is 0 Å². The van der Waals surface area contributed by atoms with Crippen LogP contribution in [0.1, 0.15) is 27.0 Å². The first-order valence-electron chi connectivity index (χ1n) is 9.16. The van der Waals surface area contributed by atoms with Gasteiger partial charge in [0.25, 0.3) is 5.91 Å². The van der Waals surface area contributed by atoms with Gasteiger partial charge in [0.1, 0.15) is 0 Å². The Bertz CT molecular complexity index is 1010. The second-order valence-electron chi connectivity index (χ2n) is 6.93. The normalized spacial score (nSPS) is 18.5. The average molecular weight is 491 g/mol. The lowest BCUT2D eigenvalue weighted by Crippen LogP contribution is -2.42. The first kappa shape index (κ1) is 23.8. The van der Waals surface area contributed by atoms with Crippen LogP contribution in [0.25, 0.3) is 5.70 Å². The Hall–Kier alpha value is -1.87. The molecule has 2 aromatic carbocycles. The third-order valence-corrected chi connectivity index (χ3v) is 5.80. The molecule has 3 rings (SSSR count). The summed E-state index contributed by atoms with van der Waals surface area (Å²) >= 11 is 13.5. The van der Waals surface area contributed by atoms with E-state index >= 15 is 0 Å². The molecular formula is C21H19Cl2F3N2O2S. The molecule has 0 saturated carbocycles. The first-order chi connectivity index (χ1) is 14.6. The predicted molar refractivity (Wildman–Crippen MR) is 118 cm³/mol. The van der Waals surface area contributed by atoms with E-state index in [-0.39, 0.29) is 27.2 Å². The van der Waals surface area contributed by atoms with Crippen molar-refractivity contribution in [3.63, 3.8) is 0 Å². The van der Waals surface area contributed by atoms with Gasteiger partial charge in [-0.1, -0.05) is 29.3 Å². The number of carbonyl (C=O) groups excluding carboxylic acids is 1. The number of carbonyl (C=O) groups is 1. The van der Waals surface area contributed by atoms with E-state index in [0.717, 1.165) is 24.0 Å². The van der Waals surface area contributed by atoms with E-state index in [1.54, 1.807) is 36.9 Å². The molecule has 0 aromatic heterocycles. The van der Waals surface area contributed by atoms with E-state index in [9.17, 15) is 18.0 Å². The molecule has 10 heteroatoms. The van der Waals surface area contributed by atoms with Crippen molar-refractivity contribution in [1.29, 1.82) is 0 Å². The van der Waals surface area contributed by atoms with Crippen LogP contribution in [-0.2, 0) is 10.4 Å². The minimum atomic E-state index is -4.79. The summed E-state index contributed by atoms with van der Waals surface area (Å²) in [5, 5.41) is 2.93. The largest absolute Gasteiger partial charge is 0.428 e. The molecular weight excluding hydrogens is 472 g/mol. The third-order valence-electron chi connectivity index (χ3n) is 4.76. The van der Waals surface area contributed by atoms with Crippen LogP contribution in [0.4, 0.5) is 13.2 Å². The van der Waals surface area contributed by atoms with Gasteiger partial charge in [-0.15, -0.1) is 0 Å². The van der Waals surface area contributed by atoms with Gasteiger partial charge in [-0.05, 0) is 60.7 Å². The quantitative estimate of drug-likeness (QED) is 0.507. The molecule has 0 aliphatic carbocycles. The van der Waals surface area contributed by atoms with Crippen molar-refractivity contribution < 1.29 is 22.8 Å². The number of hydrogen-bond donors (Lipinski definition) is 2. The van der Waals surface area contributed by atoms with E-state index in [1.165, 1.54) is 6.07 Å². The van der Waals surface area contributed by atoms with Gasteiger partial charge < -0.3 is 5.32 Å². The Kier molecular flexibility index (Phi) is 7.15. The van der Waals surface area contributed by atoms with Gasteiger partial charge in [0, 0.05) is 33.5 Å². The number of alkyl halides is 3. The van der Waals surface area contributed by atoms with Gasteiger partial charge in [-0.3, -0.25) is 15.1 Å². The molecule has 166 valence electrons.